The monoisotopic (exact) mass is 263 g/mol. The molecule has 1 aromatic rings. The third-order valence-electron chi connectivity index (χ3n) is 2.37. The van der Waals surface area contributed by atoms with Crippen LogP contribution in [0.5, 0.6) is 0 Å². The maximum Gasteiger partial charge on any atom is 0.238 e. The molecule has 96 valence electrons. The lowest BCUT2D eigenvalue weighted by Crippen LogP contribution is -2.31. The Balaban J connectivity index is 2.46. The Hall–Kier alpha value is -1.51. The lowest BCUT2D eigenvalue weighted by molar-refractivity contribution is -0.117. The van der Waals surface area contributed by atoms with Crippen molar-refractivity contribution in [1.82, 2.24) is 4.90 Å². The van der Waals surface area contributed by atoms with Gasteiger partial charge in [0, 0.05) is 18.0 Å². The van der Waals surface area contributed by atoms with Crippen LogP contribution >= 0.6 is 11.8 Å². The summed E-state index contributed by atoms with van der Waals surface area (Å²) in [4.78, 5) is 13.7. The highest BCUT2D eigenvalue weighted by Crippen LogP contribution is 2.09. The van der Waals surface area contributed by atoms with Gasteiger partial charge in [0.05, 0.1) is 18.2 Å². The van der Waals surface area contributed by atoms with E-state index in [1.54, 1.807) is 36.0 Å². The first kappa shape index (κ1) is 14.6. The fourth-order valence-corrected chi connectivity index (χ4v) is 1.93. The highest BCUT2D eigenvalue weighted by atomic mass is 32.2. The number of rotatable bonds is 6. The summed E-state index contributed by atoms with van der Waals surface area (Å²) in [6, 6.07) is 8.95. The molecule has 0 radical (unpaired) electrons. The molecule has 4 nitrogen and oxygen atoms in total. The second kappa shape index (κ2) is 7.75. The molecule has 0 aliphatic heterocycles. The van der Waals surface area contributed by atoms with Crippen molar-refractivity contribution in [3.8, 4) is 6.07 Å². The van der Waals surface area contributed by atoms with E-state index in [-0.39, 0.29) is 5.91 Å². The number of carbonyl (C=O) groups excluding carboxylic acids is 1. The minimum atomic E-state index is -0.0614. The van der Waals surface area contributed by atoms with Gasteiger partial charge in [0.25, 0.3) is 0 Å². The first-order chi connectivity index (χ1) is 8.65. The molecular formula is C13H17N3OS. The van der Waals surface area contributed by atoms with Gasteiger partial charge in [-0.1, -0.05) is 6.07 Å². The van der Waals surface area contributed by atoms with Gasteiger partial charge in [-0.15, -0.1) is 0 Å². The molecule has 0 aromatic heterocycles. The summed E-state index contributed by atoms with van der Waals surface area (Å²) in [5, 5.41) is 11.6. The van der Waals surface area contributed by atoms with E-state index in [1.165, 1.54) is 0 Å². The smallest absolute Gasteiger partial charge is 0.238 e. The fourth-order valence-electron chi connectivity index (χ4n) is 1.44. The molecule has 0 fully saturated rings. The topological polar surface area (TPSA) is 56.1 Å². The number of nitrogens with zero attached hydrogens (tertiary/aromatic N) is 2. The molecule has 0 bridgehead atoms. The van der Waals surface area contributed by atoms with E-state index in [4.69, 9.17) is 5.26 Å². The minimum Gasteiger partial charge on any atom is -0.325 e. The van der Waals surface area contributed by atoms with Crippen LogP contribution in [0.4, 0.5) is 5.69 Å². The number of nitriles is 1. The second-order valence-corrected chi connectivity index (χ2v) is 4.96. The molecule has 0 unspecified atom stereocenters. The first-order valence-corrected chi connectivity index (χ1v) is 7.02. The second-order valence-electron chi connectivity index (χ2n) is 3.97. The number of amides is 1. The van der Waals surface area contributed by atoms with Gasteiger partial charge in [-0.2, -0.15) is 17.0 Å². The number of hydrogen-bond donors (Lipinski definition) is 1. The van der Waals surface area contributed by atoms with E-state index < -0.39 is 0 Å². The van der Waals surface area contributed by atoms with Gasteiger partial charge in [-0.05, 0) is 31.5 Å². The van der Waals surface area contributed by atoms with Gasteiger partial charge in [0.1, 0.15) is 0 Å². The standard InChI is InChI=1S/C13H17N3OS/c1-16(6-7-18-2)10-13(17)15-12-5-3-4-11(8-12)9-14/h3-5,8H,6-7,10H2,1-2H3,(H,15,17). The third-order valence-corrected chi connectivity index (χ3v) is 2.96. The number of carbonyl (C=O) groups is 1. The molecule has 5 heteroatoms. The summed E-state index contributed by atoms with van der Waals surface area (Å²) in [5.41, 5.74) is 1.21. The van der Waals surface area contributed by atoms with Crippen molar-refractivity contribution < 1.29 is 4.79 Å². The SMILES string of the molecule is CSCCN(C)CC(=O)Nc1cccc(C#N)c1. The van der Waals surface area contributed by atoms with Crippen LogP contribution in [0, 0.1) is 11.3 Å². The molecule has 18 heavy (non-hydrogen) atoms. The largest absolute Gasteiger partial charge is 0.325 e. The molecule has 0 saturated carbocycles. The van der Waals surface area contributed by atoms with Crippen molar-refractivity contribution in [3.63, 3.8) is 0 Å². The van der Waals surface area contributed by atoms with Crippen molar-refractivity contribution in [2.45, 2.75) is 0 Å². The van der Waals surface area contributed by atoms with Crippen molar-refractivity contribution in [1.29, 1.82) is 5.26 Å². The van der Waals surface area contributed by atoms with Crippen molar-refractivity contribution >= 4 is 23.4 Å². The van der Waals surface area contributed by atoms with Crippen LogP contribution in [0.3, 0.4) is 0 Å². The van der Waals surface area contributed by atoms with E-state index in [1.807, 2.05) is 24.3 Å². The zero-order valence-corrected chi connectivity index (χ0v) is 11.5. The number of nitrogens with one attached hydrogen (secondary N) is 1. The Morgan fingerprint density at radius 2 is 2.33 bits per heavy atom. The molecule has 0 saturated heterocycles. The molecule has 1 amide bonds. The molecule has 1 N–H and O–H groups in total. The minimum absolute atomic E-state index is 0.0614. The number of benzene rings is 1. The normalized spacial score (nSPS) is 10.1. The lowest BCUT2D eigenvalue weighted by Gasteiger charge is -2.15. The van der Waals surface area contributed by atoms with Crippen molar-refractivity contribution in [3.05, 3.63) is 29.8 Å². The predicted octanol–water partition coefficient (Wildman–Crippen LogP) is 1.79. The Kier molecular flexibility index (Phi) is 6.26. The van der Waals surface area contributed by atoms with Crippen LogP contribution in [0.15, 0.2) is 24.3 Å². The van der Waals surface area contributed by atoms with Gasteiger partial charge >= 0.3 is 0 Å². The zero-order chi connectivity index (χ0) is 13.4. The number of likely N-dealkylation sites (N-methyl/N-ethyl adjacent to an activating group) is 1. The fraction of sp³-hybridized carbons (Fsp3) is 0.385. The van der Waals surface area contributed by atoms with E-state index in [0.29, 0.717) is 17.8 Å². The molecular weight excluding hydrogens is 246 g/mol. The lowest BCUT2D eigenvalue weighted by atomic mass is 10.2. The summed E-state index contributed by atoms with van der Waals surface area (Å²) >= 11 is 1.76. The van der Waals surface area contributed by atoms with E-state index in [2.05, 4.69) is 5.32 Å². The predicted molar refractivity (Wildman–Crippen MR) is 75.7 cm³/mol. The molecule has 0 aliphatic rings. The highest BCUT2D eigenvalue weighted by molar-refractivity contribution is 7.98. The number of anilines is 1. The van der Waals surface area contributed by atoms with Crippen LogP contribution < -0.4 is 5.32 Å². The zero-order valence-electron chi connectivity index (χ0n) is 10.6. The van der Waals surface area contributed by atoms with E-state index in [9.17, 15) is 4.79 Å². The maximum absolute atomic E-state index is 11.7. The third kappa shape index (κ3) is 5.21. The Morgan fingerprint density at radius 1 is 1.56 bits per heavy atom. The first-order valence-electron chi connectivity index (χ1n) is 5.63. The molecule has 1 aromatic carbocycles. The van der Waals surface area contributed by atoms with Crippen molar-refractivity contribution in [2.75, 3.05) is 37.5 Å². The molecule has 0 aliphatic carbocycles. The van der Waals surface area contributed by atoms with Gasteiger partial charge in [0.15, 0.2) is 0 Å². The van der Waals surface area contributed by atoms with Gasteiger partial charge in [0.2, 0.25) is 5.91 Å². The van der Waals surface area contributed by atoms with Crippen LogP contribution in [-0.4, -0.2) is 43.0 Å². The van der Waals surface area contributed by atoms with Gasteiger partial charge in [-0.3, -0.25) is 9.69 Å². The van der Waals surface area contributed by atoms with E-state index >= 15 is 0 Å². The number of thioether (sulfide) groups is 1. The van der Waals surface area contributed by atoms with E-state index in [0.717, 1.165) is 12.3 Å². The van der Waals surface area contributed by atoms with Crippen LogP contribution in [0.25, 0.3) is 0 Å². The summed E-state index contributed by atoms with van der Waals surface area (Å²) < 4.78 is 0. The Morgan fingerprint density at radius 3 is 3.00 bits per heavy atom. The van der Waals surface area contributed by atoms with Gasteiger partial charge in [-0.25, -0.2) is 0 Å². The van der Waals surface area contributed by atoms with Crippen LogP contribution in [-0.2, 0) is 4.79 Å². The molecule has 0 spiro atoms. The molecule has 0 heterocycles. The quantitative estimate of drug-likeness (QED) is 0.850. The van der Waals surface area contributed by atoms with Crippen LogP contribution in [0.1, 0.15) is 5.56 Å². The maximum atomic E-state index is 11.7. The van der Waals surface area contributed by atoms with Gasteiger partial charge < -0.3 is 5.32 Å². The summed E-state index contributed by atoms with van der Waals surface area (Å²) in [5.74, 6) is 0.946. The van der Waals surface area contributed by atoms with Crippen molar-refractivity contribution in [2.24, 2.45) is 0 Å². The summed E-state index contributed by atoms with van der Waals surface area (Å²) in [7, 11) is 1.92. The summed E-state index contributed by atoms with van der Waals surface area (Å²) in [6.07, 6.45) is 2.04. The Labute approximate surface area is 112 Å². The average molecular weight is 263 g/mol. The number of hydrogen-bond acceptors (Lipinski definition) is 4. The van der Waals surface area contributed by atoms with Crippen LogP contribution in [0.2, 0.25) is 0 Å². The molecule has 0 atom stereocenters. The summed E-state index contributed by atoms with van der Waals surface area (Å²) in [6.45, 7) is 1.24. The average Bonchev–Trinajstić information content (AvgIpc) is 2.36. The molecule has 1 rings (SSSR count). The Bertz CT molecular complexity index is 442. The highest BCUT2D eigenvalue weighted by Gasteiger charge is 2.06.